The number of nitrogens with one attached hydrogen (secondary N) is 1. The van der Waals surface area contributed by atoms with Crippen molar-refractivity contribution < 1.29 is 4.74 Å². The van der Waals surface area contributed by atoms with Crippen LogP contribution in [0.25, 0.3) is 11.3 Å². The van der Waals surface area contributed by atoms with Gasteiger partial charge in [-0.2, -0.15) is 0 Å². The number of aromatic nitrogens is 2. The van der Waals surface area contributed by atoms with Crippen molar-refractivity contribution in [3.8, 4) is 17.0 Å². The van der Waals surface area contributed by atoms with Crippen LogP contribution < -0.4 is 10.1 Å². The van der Waals surface area contributed by atoms with Crippen molar-refractivity contribution in [3.63, 3.8) is 0 Å². The number of methoxy groups -OCH3 is 1. The van der Waals surface area contributed by atoms with Gasteiger partial charge in [0.15, 0.2) is 5.13 Å². The van der Waals surface area contributed by atoms with Gasteiger partial charge in [0.2, 0.25) is 0 Å². The van der Waals surface area contributed by atoms with Crippen LogP contribution in [0.4, 0.5) is 10.8 Å². The molecule has 0 spiro atoms. The molecule has 3 rings (SSSR count). The number of hydrogen-bond donors (Lipinski definition) is 1. The summed E-state index contributed by atoms with van der Waals surface area (Å²) in [6.07, 6.45) is 1.92. The van der Waals surface area contributed by atoms with E-state index in [1.807, 2.05) is 30.3 Å². The maximum absolute atomic E-state index is 5.18. The fourth-order valence-electron chi connectivity index (χ4n) is 2.72. The quantitative estimate of drug-likeness (QED) is 0.630. The Balaban J connectivity index is 1.82. The summed E-state index contributed by atoms with van der Waals surface area (Å²) in [6, 6.07) is 10.0. The summed E-state index contributed by atoms with van der Waals surface area (Å²) in [5.74, 6) is 0.843. The predicted octanol–water partition coefficient (Wildman–Crippen LogP) is 5.17. The van der Waals surface area contributed by atoms with Crippen molar-refractivity contribution >= 4 is 22.2 Å². The molecule has 0 aliphatic rings. The molecule has 1 N–H and O–H groups in total. The van der Waals surface area contributed by atoms with Gasteiger partial charge in [0.1, 0.15) is 5.75 Å². The van der Waals surface area contributed by atoms with E-state index < -0.39 is 0 Å². The van der Waals surface area contributed by atoms with Gasteiger partial charge in [0, 0.05) is 34.6 Å². The molecular weight excluding hydrogens is 318 g/mol. The monoisotopic (exact) mass is 339 g/mol. The highest BCUT2D eigenvalue weighted by atomic mass is 32.1. The van der Waals surface area contributed by atoms with Crippen molar-refractivity contribution in [3.05, 3.63) is 59.8 Å². The number of benzene rings is 1. The summed E-state index contributed by atoms with van der Waals surface area (Å²) in [6.45, 7) is 8.89. The minimum absolute atomic E-state index is 0.818. The second-order valence-electron chi connectivity index (χ2n) is 5.58. The summed E-state index contributed by atoms with van der Waals surface area (Å²) in [5.41, 5.74) is 5.61. The second kappa shape index (κ2) is 6.93. The summed E-state index contributed by atoms with van der Waals surface area (Å²) in [5, 5.41) is 6.31. The second-order valence-corrected chi connectivity index (χ2v) is 6.43. The van der Waals surface area contributed by atoms with Crippen molar-refractivity contribution in [2.75, 3.05) is 12.4 Å². The molecule has 1 aromatic carbocycles. The molecular formula is C19H21N3OS. The molecule has 2 aromatic heterocycles. The van der Waals surface area contributed by atoms with Gasteiger partial charge in [-0.1, -0.05) is 6.08 Å². The van der Waals surface area contributed by atoms with Gasteiger partial charge in [-0.15, -0.1) is 17.9 Å². The van der Waals surface area contributed by atoms with Gasteiger partial charge >= 0.3 is 0 Å². The number of anilines is 2. The van der Waals surface area contributed by atoms with Crippen LogP contribution in [0, 0.1) is 13.8 Å². The van der Waals surface area contributed by atoms with Crippen molar-refractivity contribution in [2.24, 2.45) is 0 Å². The van der Waals surface area contributed by atoms with Crippen LogP contribution in [0.5, 0.6) is 5.75 Å². The molecule has 0 saturated carbocycles. The topological polar surface area (TPSA) is 39.1 Å². The Kier molecular flexibility index (Phi) is 4.71. The Hall–Kier alpha value is -2.53. The van der Waals surface area contributed by atoms with Gasteiger partial charge in [-0.25, -0.2) is 4.98 Å². The van der Waals surface area contributed by atoms with E-state index in [1.165, 1.54) is 17.0 Å². The average molecular weight is 339 g/mol. The number of rotatable bonds is 6. The molecule has 5 heteroatoms. The number of thiazole rings is 1. The number of nitrogens with zero attached hydrogens (tertiary/aromatic N) is 2. The van der Waals surface area contributed by atoms with Gasteiger partial charge in [-0.05, 0) is 44.2 Å². The molecule has 0 radical (unpaired) electrons. The largest absolute Gasteiger partial charge is 0.497 e. The molecule has 4 nitrogen and oxygen atoms in total. The Morgan fingerprint density at radius 2 is 2.04 bits per heavy atom. The van der Waals surface area contributed by atoms with E-state index in [1.54, 1.807) is 18.4 Å². The van der Waals surface area contributed by atoms with Crippen LogP contribution >= 0.6 is 11.3 Å². The molecule has 124 valence electrons. The summed E-state index contributed by atoms with van der Waals surface area (Å²) in [7, 11) is 1.67. The number of allylic oxidation sites excluding steroid dienone is 1. The number of ether oxygens (including phenoxy) is 1. The smallest absolute Gasteiger partial charge is 0.187 e. The van der Waals surface area contributed by atoms with E-state index in [4.69, 9.17) is 9.72 Å². The maximum Gasteiger partial charge on any atom is 0.187 e. The van der Waals surface area contributed by atoms with E-state index in [0.29, 0.717) is 0 Å². The van der Waals surface area contributed by atoms with Gasteiger partial charge in [0.05, 0.1) is 12.8 Å². The van der Waals surface area contributed by atoms with Crippen LogP contribution in [0.2, 0.25) is 0 Å². The van der Waals surface area contributed by atoms with E-state index in [2.05, 4.69) is 41.8 Å². The Labute approximate surface area is 146 Å². The first-order valence-corrected chi connectivity index (χ1v) is 8.65. The average Bonchev–Trinajstić information content (AvgIpc) is 3.15. The molecule has 0 atom stereocenters. The molecule has 2 heterocycles. The van der Waals surface area contributed by atoms with Crippen LogP contribution in [-0.4, -0.2) is 16.7 Å². The zero-order chi connectivity index (χ0) is 17.1. The number of aryl methyl sites for hydroxylation is 1. The van der Waals surface area contributed by atoms with Gasteiger partial charge in [0.25, 0.3) is 0 Å². The normalized spacial score (nSPS) is 10.6. The lowest BCUT2D eigenvalue weighted by molar-refractivity contribution is 0.415. The Morgan fingerprint density at radius 1 is 1.29 bits per heavy atom. The van der Waals surface area contributed by atoms with Crippen LogP contribution in [0.3, 0.4) is 0 Å². The first-order chi connectivity index (χ1) is 11.6. The fourth-order valence-corrected chi connectivity index (χ4v) is 3.45. The lowest BCUT2D eigenvalue weighted by Crippen LogP contribution is -1.99. The highest BCUT2D eigenvalue weighted by Crippen LogP contribution is 2.31. The third kappa shape index (κ3) is 3.21. The lowest BCUT2D eigenvalue weighted by Gasteiger charge is -2.05. The first kappa shape index (κ1) is 16.3. The molecule has 0 aliphatic carbocycles. The maximum atomic E-state index is 5.18. The third-order valence-electron chi connectivity index (χ3n) is 4.01. The van der Waals surface area contributed by atoms with Crippen LogP contribution in [0.15, 0.2) is 48.4 Å². The van der Waals surface area contributed by atoms with E-state index in [-0.39, 0.29) is 0 Å². The SMILES string of the molecule is C=CCn1c(C)cc(-c2csc(Nc3ccc(OC)cc3)n2)c1C. The lowest BCUT2D eigenvalue weighted by atomic mass is 10.2. The third-order valence-corrected chi connectivity index (χ3v) is 4.76. The molecule has 0 amide bonds. The van der Waals surface area contributed by atoms with E-state index in [0.717, 1.165) is 28.8 Å². The van der Waals surface area contributed by atoms with Crippen LogP contribution in [-0.2, 0) is 6.54 Å². The fraction of sp³-hybridized carbons (Fsp3) is 0.211. The molecule has 0 fully saturated rings. The minimum atomic E-state index is 0.818. The highest BCUT2D eigenvalue weighted by Gasteiger charge is 2.13. The molecule has 3 aromatic rings. The van der Waals surface area contributed by atoms with Crippen LogP contribution in [0.1, 0.15) is 11.4 Å². The first-order valence-electron chi connectivity index (χ1n) is 7.77. The van der Waals surface area contributed by atoms with Gasteiger partial charge < -0.3 is 14.6 Å². The van der Waals surface area contributed by atoms with Gasteiger partial charge in [-0.3, -0.25) is 0 Å². The molecule has 0 bridgehead atoms. The summed E-state index contributed by atoms with van der Waals surface area (Å²) in [4.78, 5) is 4.73. The van der Waals surface area contributed by atoms with E-state index >= 15 is 0 Å². The zero-order valence-corrected chi connectivity index (χ0v) is 15.0. The minimum Gasteiger partial charge on any atom is -0.497 e. The summed E-state index contributed by atoms with van der Waals surface area (Å²) < 4.78 is 7.43. The zero-order valence-electron chi connectivity index (χ0n) is 14.2. The molecule has 0 unspecified atom stereocenters. The summed E-state index contributed by atoms with van der Waals surface area (Å²) >= 11 is 1.60. The Bertz CT molecular complexity index is 846. The standard InChI is InChI=1S/C19H21N3OS/c1-5-10-22-13(2)11-17(14(22)3)18-12-24-19(21-18)20-15-6-8-16(23-4)9-7-15/h5-9,11-12H,1,10H2,2-4H3,(H,20,21). The van der Waals surface area contributed by atoms with Crippen molar-refractivity contribution in [2.45, 2.75) is 20.4 Å². The molecule has 0 aliphatic heterocycles. The predicted molar refractivity (Wildman–Crippen MR) is 101 cm³/mol. The number of hydrogen-bond acceptors (Lipinski definition) is 4. The molecule has 24 heavy (non-hydrogen) atoms. The van der Waals surface area contributed by atoms with Crippen molar-refractivity contribution in [1.82, 2.24) is 9.55 Å². The molecule has 0 saturated heterocycles. The van der Waals surface area contributed by atoms with E-state index in [9.17, 15) is 0 Å². The van der Waals surface area contributed by atoms with Crippen molar-refractivity contribution in [1.29, 1.82) is 0 Å². The Morgan fingerprint density at radius 3 is 2.71 bits per heavy atom. The highest BCUT2D eigenvalue weighted by molar-refractivity contribution is 7.14.